The van der Waals surface area contributed by atoms with Crippen molar-refractivity contribution < 1.29 is 28.8 Å². The summed E-state index contributed by atoms with van der Waals surface area (Å²) in [6.45, 7) is 0.602. The fourth-order valence-corrected chi connectivity index (χ4v) is 2.29. The Morgan fingerprint density at radius 2 is 1.87 bits per heavy atom. The lowest BCUT2D eigenvalue weighted by Crippen LogP contribution is -2.26. The molecule has 0 N–H and O–H groups in total. The summed E-state index contributed by atoms with van der Waals surface area (Å²) in [7, 11) is 4.66. The summed E-state index contributed by atoms with van der Waals surface area (Å²) >= 11 is 0. The number of methoxy groups -OCH3 is 3. The highest BCUT2D eigenvalue weighted by Crippen LogP contribution is 2.33. The zero-order valence-electron chi connectivity index (χ0n) is 13.3. The summed E-state index contributed by atoms with van der Waals surface area (Å²) in [5, 5.41) is 12.6. The summed E-state index contributed by atoms with van der Waals surface area (Å²) in [5.74, 6) is -0.280. The molecule has 0 spiro atoms. The summed E-state index contributed by atoms with van der Waals surface area (Å²) in [6, 6.07) is 8.37. The molecule has 0 heterocycles. The van der Waals surface area contributed by atoms with Gasteiger partial charge >= 0.3 is 0 Å². The van der Waals surface area contributed by atoms with E-state index >= 15 is 0 Å². The number of hydrogen-bond donors (Lipinski definition) is 0. The Kier molecular flexibility index (Phi) is 5.78. The van der Waals surface area contributed by atoms with Crippen LogP contribution in [0.1, 0.15) is 10.4 Å². The first kappa shape index (κ1) is 17.1. The van der Waals surface area contributed by atoms with E-state index < -0.39 is 5.97 Å². The highest BCUT2D eigenvalue weighted by Gasteiger charge is 2.13. The average molecular weight is 319 g/mol. The minimum Gasteiger partial charge on any atom is -0.545 e. The molecule has 124 valence electrons. The molecule has 0 saturated heterocycles. The molecule has 1 unspecified atom stereocenters. The van der Waals surface area contributed by atoms with Crippen molar-refractivity contribution in [3.8, 4) is 11.5 Å². The Hall–Kier alpha value is -2.31. The van der Waals surface area contributed by atoms with Crippen LogP contribution in [0.3, 0.4) is 0 Å². The maximum absolute atomic E-state index is 11.2. The zero-order chi connectivity index (χ0) is 16.8. The molecule has 6 heteroatoms. The maximum atomic E-state index is 11.2. The lowest BCUT2D eigenvalue weighted by Gasteiger charge is -2.18. The number of carbonyl (C=O) groups excluding carboxylic acids is 1. The van der Waals surface area contributed by atoms with Crippen LogP contribution in [0.4, 0.5) is 0 Å². The van der Waals surface area contributed by atoms with E-state index in [4.69, 9.17) is 18.9 Å². The summed E-state index contributed by atoms with van der Waals surface area (Å²) in [5.41, 5.74) is 0.0257. The predicted molar refractivity (Wildman–Crippen MR) is 83.0 cm³/mol. The number of hydrogen-bond acceptors (Lipinski definition) is 6. The standard InChI is InChI=1S/C17H20O6/c1-20-9-12(21-2)10-23-16-8-11(17(18)19)7-14-13(16)5-4-6-15(14)22-3/h4-8,12H,9-10H2,1-3H3,(H,18,19)/p-1. The third-order valence-electron chi connectivity index (χ3n) is 3.48. The van der Waals surface area contributed by atoms with Crippen molar-refractivity contribution in [2.24, 2.45) is 0 Å². The third-order valence-corrected chi connectivity index (χ3v) is 3.48. The molecular formula is C17H19O6-. The van der Waals surface area contributed by atoms with Gasteiger partial charge in [0.25, 0.3) is 0 Å². The quantitative estimate of drug-likeness (QED) is 0.729. The van der Waals surface area contributed by atoms with Crippen LogP contribution in [0.2, 0.25) is 0 Å². The number of carbonyl (C=O) groups is 1. The molecule has 2 rings (SSSR count). The summed E-state index contributed by atoms with van der Waals surface area (Å²) < 4.78 is 21.3. The molecular weight excluding hydrogens is 300 g/mol. The Balaban J connectivity index is 2.42. The maximum Gasteiger partial charge on any atom is 0.128 e. The Labute approximate surface area is 134 Å². The first-order chi connectivity index (χ1) is 11.1. The van der Waals surface area contributed by atoms with Gasteiger partial charge in [0.05, 0.1) is 19.7 Å². The molecule has 0 fully saturated rings. The molecule has 0 saturated carbocycles. The molecule has 0 radical (unpaired) electrons. The smallest absolute Gasteiger partial charge is 0.128 e. The average Bonchev–Trinajstić information content (AvgIpc) is 2.57. The van der Waals surface area contributed by atoms with Gasteiger partial charge in [-0.05, 0) is 18.2 Å². The van der Waals surface area contributed by atoms with Crippen LogP contribution >= 0.6 is 0 Å². The van der Waals surface area contributed by atoms with Gasteiger partial charge in [0.15, 0.2) is 0 Å². The van der Waals surface area contributed by atoms with E-state index in [1.165, 1.54) is 19.2 Å². The van der Waals surface area contributed by atoms with Crippen molar-refractivity contribution >= 4 is 16.7 Å². The van der Waals surface area contributed by atoms with E-state index in [9.17, 15) is 9.90 Å². The number of benzene rings is 2. The largest absolute Gasteiger partial charge is 0.545 e. The number of fused-ring (bicyclic) bond motifs is 1. The summed E-state index contributed by atoms with van der Waals surface area (Å²) in [6.07, 6.45) is -0.257. The highest BCUT2D eigenvalue weighted by atomic mass is 16.5. The molecule has 23 heavy (non-hydrogen) atoms. The van der Waals surface area contributed by atoms with Gasteiger partial charge in [0, 0.05) is 30.6 Å². The first-order valence-electron chi connectivity index (χ1n) is 7.07. The molecule has 2 aromatic carbocycles. The monoisotopic (exact) mass is 319 g/mol. The van der Waals surface area contributed by atoms with Crippen molar-refractivity contribution in [2.75, 3.05) is 34.5 Å². The Morgan fingerprint density at radius 3 is 2.48 bits per heavy atom. The van der Waals surface area contributed by atoms with Crippen molar-refractivity contribution in [1.29, 1.82) is 0 Å². The molecule has 0 aromatic heterocycles. The van der Waals surface area contributed by atoms with Crippen molar-refractivity contribution in [2.45, 2.75) is 6.10 Å². The van der Waals surface area contributed by atoms with E-state index in [0.29, 0.717) is 23.5 Å². The molecule has 1 atom stereocenters. The van der Waals surface area contributed by atoms with Crippen molar-refractivity contribution in [3.05, 3.63) is 35.9 Å². The molecule has 0 aliphatic carbocycles. The van der Waals surface area contributed by atoms with E-state index in [1.54, 1.807) is 20.3 Å². The first-order valence-corrected chi connectivity index (χ1v) is 7.07. The molecule has 6 nitrogen and oxygen atoms in total. The second-order valence-corrected chi connectivity index (χ2v) is 4.94. The fourth-order valence-electron chi connectivity index (χ4n) is 2.29. The third kappa shape index (κ3) is 3.91. The summed E-state index contributed by atoms with van der Waals surface area (Å²) in [4.78, 5) is 11.2. The van der Waals surface area contributed by atoms with E-state index in [0.717, 1.165) is 5.39 Å². The molecule has 0 aliphatic rings. The Morgan fingerprint density at radius 1 is 1.09 bits per heavy atom. The van der Waals surface area contributed by atoms with Crippen LogP contribution in [0, 0.1) is 0 Å². The molecule has 0 bridgehead atoms. The predicted octanol–water partition coefficient (Wildman–Crippen LogP) is 1.25. The van der Waals surface area contributed by atoms with Crippen molar-refractivity contribution in [1.82, 2.24) is 0 Å². The normalized spacial score (nSPS) is 12.1. The van der Waals surface area contributed by atoms with E-state index in [2.05, 4.69) is 0 Å². The van der Waals surface area contributed by atoms with Gasteiger partial charge in [-0.3, -0.25) is 0 Å². The number of aromatic carboxylic acids is 1. The number of rotatable bonds is 8. The van der Waals surface area contributed by atoms with Crippen LogP contribution in [-0.4, -0.2) is 46.6 Å². The van der Waals surface area contributed by atoms with Gasteiger partial charge in [-0.2, -0.15) is 0 Å². The second-order valence-electron chi connectivity index (χ2n) is 4.94. The number of carboxylic acids is 1. The zero-order valence-corrected chi connectivity index (χ0v) is 13.3. The van der Waals surface area contributed by atoms with Crippen LogP contribution in [0.25, 0.3) is 10.8 Å². The lowest BCUT2D eigenvalue weighted by atomic mass is 10.0. The van der Waals surface area contributed by atoms with Gasteiger partial charge < -0.3 is 28.8 Å². The number of carboxylic acid groups (broad SMARTS) is 1. The molecule has 0 amide bonds. The van der Waals surface area contributed by atoms with Gasteiger partial charge in [0.2, 0.25) is 0 Å². The topological polar surface area (TPSA) is 77.1 Å². The van der Waals surface area contributed by atoms with Gasteiger partial charge in [-0.25, -0.2) is 0 Å². The van der Waals surface area contributed by atoms with Crippen LogP contribution < -0.4 is 14.6 Å². The minimum atomic E-state index is -1.28. The van der Waals surface area contributed by atoms with E-state index in [-0.39, 0.29) is 18.3 Å². The Bertz CT molecular complexity index is 682. The SMILES string of the molecule is COCC(COc1cc(C(=O)[O-])cc2c(OC)cccc12)OC. The van der Waals surface area contributed by atoms with Crippen LogP contribution in [0.15, 0.2) is 30.3 Å². The van der Waals surface area contributed by atoms with Gasteiger partial charge in [0.1, 0.15) is 24.2 Å². The van der Waals surface area contributed by atoms with Gasteiger partial charge in [-0.1, -0.05) is 12.1 Å². The van der Waals surface area contributed by atoms with Gasteiger partial charge in [-0.15, -0.1) is 0 Å². The molecule has 0 aliphatic heterocycles. The van der Waals surface area contributed by atoms with Crippen LogP contribution in [-0.2, 0) is 9.47 Å². The number of ether oxygens (including phenoxy) is 4. The highest BCUT2D eigenvalue weighted by molar-refractivity contribution is 5.99. The van der Waals surface area contributed by atoms with Crippen LogP contribution in [0.5, 0.6) is 11.5 Å². The second kappa shape index (κ2) is 7.80. The molecule has 2 aromatic rings. The van der Waals surface area contributed by atoms with E-state index in [1.807, 2.05) is 12.1 Å². The minimum absolute atomic E-state index is 0.0257. The van der Waals surface area contributed by atoms with Crippen molar-refractivity contribution in [3.63, 3.8) is 0 Å². The lowest BCUT2D eigenvalue weighted by molar-refractivity contribution is -0.255. The fraction of sp³-hybridized carbons (Fsp3) is 0.353.